The van der Waals surface area contributed by atoms with Gasteiger partial charge in [-0.05, 0) is 49.3 Å². The molecule has 0 unspecified atom stereocenters. The second-order valence-electron chi connectivity index (χ2n) is 10.6. The second kappa shape index (κ2) is 10.1. The molecule has 5 rings (SSSR count). The van der Waals surface area contributed by atoms with Gasteiger partial charge in [0.25, 0.3) is 12.3 Å². The molecular formula is C26H26F5N5O3. The second-order valence-corrected chi connectivity index (χ2v) is 10.6. The quantitative estimate of drug-likeness (QED) is 0.475. The maximum Gasteiger partial charge on any atom is 0.271 e. The van der Waals surface area contributed by atoms with E-state index in [9.17, 15) is 41.6 Å². The number of nitriles is 1. The Balaban J connectivity index is 1.41. The van der Waals surface area contributed by atoms with Crippen molar-refractivity contribution in [2.45, 2.75) is 56.5 Å². The minimum absolute atomic E-state index is 0.0307. The van der Waals surface area contributed by atoms with Gasteiger partial charge in [-0.15, -0.1) is 0 Å². The van der Waals surface area contributed by atoms with E-state index in [1.165, 1.54) is 0 Å². The summed E-state index contributed by atoms with van der Waals surface area (Å²) in [6.45, 7) is 0.347. The summed E-state index contributed by atoms with van der Waals surface area (Å²) in [7, 11) is 0. The first-order valence-electron chi connectivity index (χ1n) is 12.7. The Hall–Kier alpha value is -3.69. The number of nitrogens with zero attached hydrogens (tertiary/aromatic N) is 2. The highest BCUT2D eigenvalue weighted by molar-refractivity contribution is 6.01. The van der Waals surface area contributed by atoms with E-state index in [0.717, 1.165) is 17.0 Å². The molecule has 3 heterocycles. The Morgan fingerprint density at radius 2 is 2.00 bits per heavy atom. The number of alkyl halides is 4. The number of carbonyl (C=O) groups excluding carboxylic acids is 3. The third-order valence-electron chi connectivity index (χ3n) is 7.99. The first-order valence-corrected chi connectivity index (χ1v) is 12.7. The van der Waals surface area contributed by atoms with Gasteiger partial charge in [-0.3, -0.25) is 14.4 Å². The molecule has 0 bridgehead atoms. The topological polar surface area (TPSA) is 118 Å². The molecule has 39 heavy (non-hydrogen) atoms. The molecule has 2 aliphatic heterocycles. The van der Waals surface area contributed by atoms with Crippen molar-refractivity contribution >= 4 is 28.6 Å². The standard InChI is InChI=1S/C26H26F5N5O3/c27-14-5-17(22(28)29)16-7-20(35-19(16)6-14)25(39)36-11-13-8-26(30,31)9-18(13)21(36)24(38)34-15(10-32)4-12-2-1-3-33-23(12)37/h5-7,12-13,15,18,21-22,35H,1-4,8-9,11H2,(H,33,37)(H,34,38)/t12-,13+,15+,18+,21-/m1/s1. The number of piperidine rings is 1. The lowest BCUT2D eigenvalue weighted by atomic mass is 9.90. The minimum Gasteiger partial charge on any atom is -0.356 e. The van der Waals surface area contributed by atoms with Gasteiger partial charge < -0.3 is 20.5 Å². The normalized spacial score (nSPS) is 26.8. The molecule has 0 spiro atoms. The predicted molar refractivity (Wildman–Crippen MR) is 127 cm³/mol. The number of rotatable bonds is 6. The molecular weight excluding hydrogens is 525 g/mol. The number of hydrogen-bond donors (Lipinski definition) is 3. The zero-order chi connectivity index (χ0) is 28.1. The highest BCUT2D eigenvalue weighted by atomic mass is 19.3. The van der Waals surface area contributed by atoms with Crippen LogP contribution in [-0.4, -0.2) is 58.7 Å². The maximum atomic E-state index is 14.3. The smallest absolute Gasteiger partial charge is 0.271 e. The maximum absolute atomic E-state index is 14.3. The first-order chi connectivity index (χ1) is 18.5. The van der Waals surface area contributed by atoms with E-state index in [2.05, 4.69) is 15.6 Å². The van der Waals surface area contributed by atoms with Crippen LogP contribution in [0.15, 0.2) is 18.2 Å². The molecule has 208 valence electrons. The van der Waals surface area contributed by atoms with Gasteiger partial charge in [-0.1, -0.05) is 0 Å². The van der Waals surface area contributed by atoms with Crippen molar-refractivity contribution < 1.29 is 36.3 Å². The van der Waals surface area contributed by atoms with E-state index in [1.807, 2.05) is 6.07 Å². The fraction of sp³-hybridized carbons (Fsp3) is 0.538. The molecule has 3 aliphatic rings. The van der Waals surface area contributed by atoms with Crippen LogP contribution in [0.2, 0.25) is 0 Å². The van der Waals surface area contributed by atoms with E-state index < -0.39 is 78.2 Å². The molecule has 5 atom stereocenters. The van der Waals surface area contributed by atoms with Crippen LogP contribution < -0.4 is 10.6 Å². The molecule has 1 aromatic carbocycles. The number of carbonyl (C=O) groups is 3. The summed E-state index contributed by atoms with van der Waals surface area (Å²) in [4.78, 5) is 42.8. The Bertz CT molecular complexity index is 1360. The van der Waals surface area contributed by atoms with Crippen molar-refractivity contribution in [3.8, 4) is 6.07 Å². The molecule has 3 fully saturated rings. The average Bonchev–Trinajstić information content (AvgIpc) is 3.53. The summed E-state index contributed by atoms with van der Waals surface area (Å²) in [6.07, 6.45) is -2.88. The summed E-state index contributed by atoms with van der Waals surface area (Å²) in [6, 6.07) is 2.27. The molecule has 3 amide bonds. The SMILES string of the molecule is N#C[C@H](C[C@H]1CCCNC1=O)NC(=O)[C@H]1[C@H]2CC(F)(F)C[C@H]2CN1C(=O)c1cc2c(C(F)F)cc(F)cc2[nH]1. The Morgan fingerprint density at radius 1 is 1.23 bits per heavy atom. The molecule has 3 N–H and O–H groups in total. The Kier molecular flexibility index (Phi) is 6.99. The van der Waals surface area contributed by atoms with Gasteiger partial charge in [0.1, 0.15) is 23.6 Å². The van der Waals surface area contributed by atoms with Gasteiger partial charge in [0.05, 0.1) is 6.07 Å². The summed E-state index contributed by atoms with van der Waals surface area (Å²) < 4.78 is 69.4. The number of aromatic amines is 1. The lowest BCUT2D eigenvalue weighted by Crippen LogP contribution is -2.52. The zero-order valence-electron chi connectivity index (χ0n) is 20.7. The van der Waals surface area contributed by atoms with E-state index in [0.29, 0.717) is 25.5 Å². The molecule has 1 aromatic heterocycles. The van der Waals surface area contributed by atoms with Gasteiger partial charge >= 0.3 is 0 Å². The average molecular weight is 552 g/mol. The summed E-state index contributed by atoms with van der Waals surface area (Å²) >= 11 is 0. The third-order valence-corrected chi connectivity index (χ3v) is 7.99. The number of hydrogen-bond acceptors (Lipinski definition) is 4. The largest absolute Gasteiger partial charge is 0.356 e. The number of benzene rings is 1. The van der Waals surface area contributed by atoms with Crippen molar-refractivity contribution in [2.75, 3.05) is 13.1 Å². The summed E-state index contributed by atoms with van der Waals surface area (Å²) in [5.74, 6) is -7.85. The number of fused-ring (bicyclic) bond motifs is 2. The molecule has 1 saturated carbocycles. The van der Waals surface area contributed by atoms with E-state index in [1.54, 1.807) is 0 Å². The van der Waals surface area contributed by atoms with Crippen molar-refractivity contribution in [1.29, 1.82) is 5.26 Å². The Labute approximate surface area is 219 Å². The summed E-state index contributed by atoms with van der Waals surface area (Å²) in [5.41, 5.74) is -0.857. The highest BCUT2D eigenvalue weighted by Gasteiger charge is 2.58. The van der Waals surface area contributed by atoms with Crippen LogP contribution in [0.4, 0.5) is 22.0 Å². The molecule has 2 aromatic rings. The fourth-order valence-electron chi connectivity index (χ4n) is 6.27. The Morgan fingerprint density at radius 3 is 2.69 bits per heavy atom. The van der Waals surface area contributed by atoms with Gasteiger partial charge in [0.2, 0.25) is 17.7 Å². The minimum atomic E-state index is -3.03. The van der Waals surface area contributed by atoms with Gasteiger partial charge in [-0.2, -0.15) is 5.26 Å². The van der Waals surface area contributed by atoms with Crippen LogP contribution >= 0.6 is 0 Å². The van der Waals surface area contributed by atoms with Gasteiger partial charge in [0.15, 0.2) is 0 Å². The van der Waals surface area contributed by atoms with Crippen LogP contribution in [0.5, 0.6) is 0 Å². The number of nitrogens with one attached hydrogen (secondary N) is 3. The highest BCUT2D eigenvalue weighted by Crippen LogP contribution is 2.50. The van der Waals surface area contributed by atoms with Crippen LogP contribution in [-0.2, 0) is 9.59 Å². The molecule has 8 nitrogen and oxygen atoms in total. The van der Waals surface area contributed by atoms with Crippen molar-refractivity contribution in [3.63, 3.8) is 0 Å². The zero-order valence-corrected chi connectivity index (χ0v) is 20.7. The lowest BCUT2D eigenvalue weighted by molar-refractivity contribution is -0.129. The van der Waals surface area contributed by atoms with Crippen LogP contribution in [0.3, 0.4) is 0 Å². The predicted octanol–water partition coefficient (Wildman–Crippen LogP) is 3.66. The molecule has 13 heteroatoms. The van der Waals surface area contributed by atoms with E-state index in [-0.39, 0.29) is 35.5 Å². The number of halogens is 5. The number of amides is 3. The van der Waals surface area contributed by atoms with Crippen molar-refractivity contribution in [1.82, 2.24) is 20.5 Å². The van der Waals surface area contributed by atoms with Gasteiger partial charge in [0, 0.05) is 48.3 Å². The summed E-state index contributed by atoms with van der Waals surface area (Å²) in [5, 5.41) is 14.8. The number of likely N-dealkylation sites (tertiary alicyclic amines) is 1. The monoisotopic (exact) mass is 551 g/mol. The lowest BCUT2D eigenvalue weighted by Gasteiger charge is -2.29. The van der Waals surface area contributed by atoms with Crippen LogP contribution in [0.25, 0.3) is 10.9 Å². The molecule has 0 radical (unpaired) electrons. The van der Waals surface area contributed by atoms with Crippen LogP contribution in [0.1, 0.15) is 54.6 Å². The third kappa shape index (κ3) is 5.16. The van der Waals surface area contributed by atoms with Crippen molar-refractivity contribution in [2.24, 2.45) is 17.8 Å². The number of H-pyrrole nitrogens is 1. The van der Waals surface area contributed by atoms with Gasteiger partial charge in [-0.25, -0.2) is 22.0 Å². The fourth-order valence-corrected chi connectivity index (χ4v) is 6.27. The van der Waals surface area contributed by atoms with Crippen molar-refractivity contribution in [3.05, 3.63) is 35.3 Å². The molecule has 1 aliphatic carbocycles. The van der Waals surface area contributed by atoms with E-state index >= 15 is 0 Å². The first kappa shape index (κ1) is 26.9. The van der Waals surface area contributed by atoms with E-state index in [4.69, 9.17) is 0 Å². The van der Waals surface area contributed by atoms with Crippen LogP contribution in [0, 0.1) is 34.9 Å². The molecule has 2 saturated heterocycles. The number of aromatic nitrogens is 1.